The number of nitrogens with two attached hydrogens (primary N) is 3. The van der Waals surface area contributed by atoms with Crippen LogP contribution in [0.4, 0.5) is 5.69 Å². The Balaban J connectivity index is 0.909. The van der Waals surface area contributed by atoms with E-state index in [0.29, 0.717) is 106 Å². The monoisotopic (exact) mass is 2010 g/mol. The Morgan fingerprint density at radius 3 is 1.66 bits per heavy atom. The number of unbranched alkanes of at least 4 members (excludes halogenated alkanes) is 17. The molecule has 796 valence electrons. The summed E-state index contributed by atoms with van der Waals surface area (Å²) in [5.41, 5.74) is 20.1. The van der Waals surface area contributed by atoms with E-state index in [0.717, 1.165) is 28.3 Å². The van der Waals surface area contributed by atoms with Crippen LogP contribution >= 0.6 is 0 Å². The first-order valence-electron chi connectivity index (χ1n) is 51.6. The summed E-state index contributed by atoms with van der Waals surface area (Å²) in [4.78, 5) is 215. The zero-order chi connectivity index (χ0) is 105. The lowest BCUT2D eigenvalue weighted by molar-refractivity contribution is -0.137. The van der Waals surface area contributed by atoms with E-state index in [1.807, 2.05) is 36.9 Å². The van der Waals surface area contributed by atoms with Crippen LogP contribution in [0.3, 0.4) is 0 Å². The second-order valence-electron chi connectivity index (χ2n) is 38.1. The Kier molecular flexibility index (Phi) is 53.9. The van der Waals surface area contributed by atoms with E-state index < -0.39 is 138 Å². The first-order chi connectivity index (χ1) is 69.2. The molecule has 1 aliphatic heterocycles. The molecule has 6 aromatic rings. The van der Waals surface area contributed by atoms with Crippen molar-refractivity contribution in [1.29, 1.82) is 5.41 Å². The normalized spacial score (nSPS) is 14.2. The number of phenolic OH excluding ortho intramolecular Hbond substituents is 1. The molecule has 0 bridgehead atoms. The van der Waals surface area contributed by atoms with Gasteiger partial charge in [0.25, 0.3) is 5.56 Å². The summed E-state index contributed by atoms with van der Waals surface area (Å²) in [5, 5.41) is 51.7. The number of nitrogens with one attached hydrogen (secondary N) is 15. The van der Waals surface area contributed by atoms with E-state index in [-0.39, 0.29) is 131 Å². The summed E-state index contributed by atoms with van der Waals surface area (Å²) >= 11 is 0. The third-order valence-corrected chi connectivity index (χ3v) is 25.6. The van der Waals surface area contributed by atoms with Gasteiger partial charge in [-0.2, -0.15) is 0 Å². The van der Waals surface area contributed by atoms with Crippen LogP contribution in [-0.4, -0.2) is 264 Å². The van der Waals surface area contributed by atoms with Crippen LogP contribution in [0.2, 0.25) is 0 Å². The molecule has 10 atom stereocenters. The minimum Gasteiger partial charge on any atom is -0.508 e. The van der Waals surface area contributed by atoms with Crippen molar-refractivity contribution in [2.75, 3.05) is 97.4 Å². The molecule has 0 unspecified atom stereocenters. The van der Waals surface area contributed by atoms with Gasteiger partial charge in [-0.1, -0.05) is 188 Å². The Morgan fingerprint density at radius 2 is 1.06 bits per heavy atom. The predicted molar refractivity (Wildman–Crippen MR) is 551 cm³/mol. The largest absolute Gasteiger partial charge is 0.508 e. The number of amides is 13. The van der Waals surface area contributed by atoms with Crippen LogP contribution in [0, 0.1) is 23.2 Å². The first-order valence-corrected chi connectivity index (χ1v) is 51.6. The van der Waals surface area contributed by atoms with Gasteiger partial charge in [0.15, 0.2) is 5.96 Å². The lowest BCUT2D eigenvalue weighted by atomic mass is 9.98. The lowest BCUT2D eigenvalue weighted by Gasteiger charge is -2.38. The number of hydrogen-bond donors (Lipinski definition) is 19. The summed E-state index contributed by atoms with van der Waals surface area (Å²) in [6.45, 7) is 16.2. The van der Waals surface area contributed by atoms with Crippen molar-refractivity contribution in [3.8, 4) is 5.75 Å². The number of aromatic hydroxyl groups is 1. The fourth-order valence-electron chi connectivity index (χ4n) is 17.0. The maximum absolute atomic E-state index is 15.1. The second kappa shape index (κ2) is 65.6. The number of anilines is 1. The fraction of sp³-hybridized carbons (Fsp3) is 0.621. The topological polar surface area (TPSA) is 602 Å². The van der Waals surface area contributed by atoms with Gasteiger partial charge in [-0.15, -0.1) is 0 Å². The number of hydrogen-bond acceptors (Lipinski definition) is 23. The highest BCUT2D eigenvalue weighted by Crippen LogP contribution is 2.25. The van der Waals surface area contributed by atoms with Gasteiger partial charge in [-0.05, 0) is 110 Å². The molecule has 13 amide bonds. The molecule has 0 spiro atoms. The summed E-state index contributed by atoms with van der Waals surface area (Å²) in [6, 6.07) is 5.92. The van der Waals surface area contributed by atoms with E-state index in [4.69, 9.17) is 36.8 Å². The lowest BCUT2D eigenvalue weighted by Crippen LogP contribution is -2.61. The van der Waals surface area contributed by atoms with E-state index in [1.165, 1.54) is 146 Å². The van der Waals surface area contributed by atoms with Gasteiger partial charge in [-0.25, -0.2) is 9.97 Å². The maximum atomic E-state index is 15.1. The SMILES string of the molecule is CCCCCCCCCCCCCCCCCCCC(=O)NCCOCCOCCOCCC(=O)NCCCC[C@H](NC(=O)[C@@H](N)[C@@H](C)CC)C(=O)N1CCN(c2ccc3ncn(CC(=O)N[C@@H](CCCNC(=N)N)C(=O)N[C@@H](Cc4cnc[nH]4)C(=O)N[C@@H](Cc4ccc(O)cc4)C(=O)N[C@@H](CC(C)C)C(=O)N[C@@H](CC(N)=O)C(=O)N[C@@H](Cc4c[nH]c5ccccc45)C(=O)N[C@H](C(=O)NC)C(C)C)c(=O)c3c2)CC1. The van der Waals surface area contributed by atoms with Crippen molar-refractivity contribution in [2.24, 2.45) is 35.0 Å². The van der Waals surface area contributed by atoms with Gasteiger partial charge >= 0.3 is 0 Å². The second-order valence-corrected chi connectivity index (χ2v) is 38.1. The predicted octanol–water partition coefficient (Wildman–Crippen LogP) is 5.41. The number of aromatic amines is 2. The third-order valence-electron chi connectivity index (χ3n) is 25.6. The highest BCUT2D eigenvalue weighted by molar-refractivity contribution is 6.00. The highest BCUT2D eigenvalue weighted by atomic mass is 16.5. The fourth-order valence-corrected chi connectivity index (χ4v) is 17.0. The summed E-state index contributed by atoms with van der Waals surface area (Å²) in [7, 11) is 1.41. The zero-order valence-electron chi connectivity index (χ0n) is 85.6. The standard InChI is InChI=1S/C103H161N23O18/c1-9-11-12-13-14-15-16-17-18-19-20-21-22-23-24-25-26-36-88(129)111-46-52-143-54-56-144-55-53-142-51-43-89(130)110-44-30-29-34-81(117-99(138)91(105)70(7)10-2)102(141)125-49-47-124(48-50-125)74-39-42-79-77(61-74)101(140)126(67-115-79)65-90(131)116-80(35-31-45-112-103(106)107)93(132)121-85(60-73-64-109-66-114-73)96(135)119-83(58-71-37-40-75(127)41-38-71)95(134)118-82(57-68(3)4)94(133)122-86(62-87(104)128)97(136)120-84(98(137)123-92(69(5)6)100(139)108-8)59-72-63-113-78-33-28-27-32-76(72)78/h27-28,32-33,37-42,61,63-64,66-70,80-86,91-92,113,127H,9-26,29-31,34-36,43-60,62,65,105H2,1-8H3,(H2,104,128)(H,108,139)(H,109,114)(H,110,130)(H,111,129)(H,116,131)(H,117,138)(H,118,134)(H,119,135)(H,120,136)(H,121,132)(H,122,133)(H,123,137)(H4,106,107,112)/t70-,80-,81-,82-,83-,84-,85-,86-,91-,92-/m0/s1. The molecule has 1 fully saturated rings. The molecule has 0 aliphatic carbocycles. The Morgan fingerprint density at radius 1 is 0.514 bits per heavy atom. The van der Waals surface area contributed by atoms with Crippen LogP contribution in [0.5, 0.6) is 5.75 Å². The average molecular weight is 2010 g/mol. The Labute approximate surface area is 845 Å². The van der Waals surface area contributed by atoms with Gasteiger partial charge in [0.05, 0.1) is 75.7 Å². The Hall–Kier alpha value is -12.6. The third kappa shape index (κ3) is 43.5. The van der Waals surface area contributed by atoms with Crippen molar-refractivity contribution >= 4 is 110 Å². The number of carbonyl (C=O) groups excluding carboxylic acids is 13. The van der Waals surface area contributed by atoms with Gasteiger partial charge < -0.3 is 120 Å². The molecule has 0 radical (unpaired) electrons. The molecule has 4 heterocycles. The van der Waals surface area contributed by atoms with Crippen molar-refractivity contribution in [1.82, 2.24) is 93.2 Å². The molecule has 7 rings (SSSR count). The number of rotatable bonds is 72. The number of aromatic nitrogens is 5. The number of primary amides is 1. The molecular weight excluding hydrogens is 1850 g/mol. The van der Waals surface area contributed by atoms with Gasteiger partial charge in [0.2, 0.25) is 76.8 Å². The van der Waals surface area contributed by atoms with Gasteiger partial charge in [-0.3, -0.25) is 77.1 Å². The van der Waals surface area contributed by atoms with Crippen LogP contribution < -0.4 is 91.5 Å². The van der Waals surface area contributed by atoms with Gasteiger partial charge in [0.1, 0.15) is 60.6 Å². The number of guanidine groups is 1. The van der Waals surface area contributed by atoms with E-state index >= 15 is 9.59 Å². The molecule has 3 aromatic heterocycles. The van der Waals surface area contributed by atoms with Crippen molar-refractivity contribution < 1.29 is 81.6 Å². The molecular formula is C103H161N23O18. The summed E-state index contributed by atoms with van der Waals surface area (Å²) < 4.78 is 17.9. The highest BCUT2D eigenvalue weighted by Gasteiger charge is 2.38. The van der Waals surface area contributed by atoms with Crippen molar-refractivity contribution in [2.45, 2.75) is 302 Å². The first kappa shape index (κ1) is 118. The number of benzene rings is 3. The number of carbonyl (C=O) groups is 13. The molecule has 3 aromatic carbocycles. The number of piperazine rings is 1. The molecule has 1 saturated heterocycles. The number of fused-ring (bicyclic) bond motifs is 2. The minimum atomic E-state index is -1.75. The molecule has 41 nitrogen and oxygen atoms in total. The van der Waals surface area contributed by atoms with E-state index in [9.17, 15) is 62.6 Å². The van der Waals surface area contributed by atoms with Crippen LogP contribution in [0.15, 0.2) is 96.6 Å². The number of ether oxygens (including phenoxy) is 3. The molecule has 22 N–H and O–H groups in total. The van der Waals surface area contributed by atoms with Crippen molar-refractivity contribution in [3.05, 3.63) is 119 Å². The molecule has 1 aliphatic rings. The molecule has 144 heavy (non-hydrogen) atoms. The summed E-state index contributed by atoms with van der Waals surface area (Å²) in [6.07, 6.45) is 28.6. The quantitative estimate of drug-likeness (QED) is 0.0129. The zero-order valence-corrected chi connectivity index (χ0v) is 85.6. The molecule has 41 heteroatoms. The number of para-hydroxylation sites is 1. The molecule has 0 saturated carbocycles. The minimum absolute atomic E-state index is 0.0495. The Bertz CT molecular complexity index is 5050. The van der Waals surface area contributed by atoms with Crippen LogP contribution in [0.1, 0.15) is 239 Å². The number of H-pyrrole nitrogens is 2. The number of likely N-dealkylation sites (N-methyl/N-ethyl adjacent to an activating group) is 1. The van der Waals surface area contributed by atoms with Crippen molar-refractivity contribution in [3.63, 3.8) is 0 Å². The smallest absolute Gasteiger partial charge is 0.261 e. The number of phenols is 1. The van der Waals surface area contributed by atoms with Crippen LogP contribution in [-0.2, 0) is 102 Å². The summed E-state index contributed by atoms with van der Waals surface area (Å²) in [5.74, 6) is -10.3. The maximum Gasteiger partial charge on any atom is 0.261 e. The van der Waals surface area contributed by atoms with E-state index in [2.05, 4.69) is 90.7 Å². The number of imidazole rings is 1. The van der Waals surface area contributed by atoms with E-state index in [1.54, 1.807) is 63.1 Å². The average Bonchev–Trinajstić information content (AvgIpc) is 0.961. The van der Waals surface area contributed by atoms with Crippen LogP contribution in [0.25, 0.3) is 21.8 Å². The van der Waals surface area contributed by atoms with Gasteiger partial charge in [0, 0.05) is 120 Å². The number of nitrogens with zero attached hydrogens (tertiary/aromatic N) is 5.